The van der Waals surface area contributed by atoms with E-state index >= 15 is 0 Å². The summed E-state index contributed by atoms with van der Waals surface area (Å²) in [6.45, 7) is 0.0563. The minimum Gasteiger partial charge on any atom is -0.353 e. The molecule has 7 heteroatoms. The van der Waals surface area contributed by atoms with Gasteiger partial charge in [-0.05, 0) is 5.56 Å². The highest BCUT2D eigenvalue weighted by Gasteiger charge is 2.15. The smallest absolute Gasteiger partial charge is 0.235 e. The van der Waals surface area contributed by atoms with Crippen LogP contribution in [0, 0.1) is 0 Å². The number of nitrogens with two attached hydrogens (primary N) is 1. The highest BCUT2D eigenvalue weighted by atomic mass is 32.2. The van der Waals surface area contributed by atoms with E-state index in [9.17, 15) is 13.2 Å². The minimum absolute atomic E-state index is 0.208. The molecule has 6 nitrogen and oxygen atoms in total. The van der Waals surface area contributed by atoms with Gasteiger partial charge in [0.15, 0.2) is 0 Å². The van der Waals surface area contributed by atoms with Gasteiger partial charge in [0.05, 0.1) is 12.8 Å². The first-order chi connectivity index (χ1) is 8.80. The van der Waals surface area contributed by atoms with E-state index in [0.29, 0.717) is 0 Å². The monoisotopic (exact) mass is 285 g/mol. The highest BCUT2D eigenvalue weighted by Crippen LogP contribution is 2.07. The first-order valence-corrected chi connectivity index (χ1v) is 7.64. The van der Waals surface area contributed by atoms with Crippen molar-refractivity contribution < 1.29 is 13.2 Å². The molecule has 0 saturated heterocycles. The molecule has 0 spiro atoms. The van der Waals surface area contributed by atoms with Gasteiger partial charge >= 0.3 is 0 Å². The summed E-state index contributed by atoms with van der Waals surface area (Å²) in [7, 11) is -1.99. The molecule has 1 amide bonds. The molecule has 0 aliphatic carbocycles. The molecule has 0 aliphatic heterocycles. The van der Waals surface area contributed by atoms with E-state index in [1.54, 1.807) is 0 Å². The van der Waals surface area contributed by atoms with Crippen molar-refractivity contribution in [1.29, 1.82) is 0 Å². The number of carbonyl (C=O) groups is 1. The van der Waals surface area contributed by atoms with Gasteiger partial charge in [0.25, 0.3) is 0 Å². The summed E-state index contributed by atoms with van der Waals surface area (Å²) in [6, 6.07) is 9.06. The van der Waals surface area contributed by atoms with E-state index in [0.717, 1.165) is 16.1 Å². The second-order valence-electron chi connectivity index (χ2n) is 4.34. The number of sulfonamides is 1. The summed E-state index contributed by atoms with van der Waals surface area (Å²) in [4.78, 5) is 11.6. The Labute approximate surface area is 113 Å². The Morgan fingerprint density at radius 1 is 1.37 bits per heavy atom. The summed E-state index contributed by atoms with van der Waals surface area (Å²) in [5, 5.41) is 2.61. The summed E-state index contributed by atoms with van der Waals surface area (Å²) >= 11 is 0. The fourth-order valence-electron chi connectivity index (χ4n) is 1.42. The lowest BCUT2D eigenvalue weighted by atomic mass is 10.1. The van der Waals surface area contributed by atoms with Crippen molar-refractivity contribution >= 4 is 15.9 Å². The third-order valence-electron chi connectivity index (χ3n) is 2.68. The lowest BCUT2D eigenvalue weighted by molar-refractivity contribution is -0.121. The van der Waals surface area contributed by atoms with Gasteiger partial charge in [0.2, 0.25) is 15.9 Å². The number of benzene rings is 1. The van der Waals surface area contributed by atoms with Crippen LogP contribution in [0.15, 0.2) is 30.3 Å². The molecule has 1 unspecified atom stereocenters. The lowest BCUT2D eigenvalue weighted by Crippen LogP contribution is -2.40. The predicted octanol–water partition coefficient (Wildman–Crippen LogP) is -0.306. The quantitative estimate of drug-likeness (QED) is 0.750. The molecular weight excluding hydrogens is 266 g/mol. The van der Waals surface area contributed by atoms with Gasteiger partial charge in [0.1, 0.15) is 0 Å². The van der Waals surface area contributed by atoms with Crippen molar-refractivity contribution in [3.63, 3.8) is 0 Å². The highest BCUT2D eigenvalue weighted by molar-refractivity contribution is 7.88. The molecule has 0 aliphatic rings. The van der Waals surface area contributed by atoms with Crippen LogP contribution in [0.2, 0.25) is 0 Å². The first-order valence-electron chi connectivity index (χ1n) is 5.79. The maximum atomic E-state index is 11.6. The second-order valence-corrected chi connectivity index (χ2v) is 6.43. The van der Waals surface area contributed by atoms with Gasteiger partial charge in [-0.15, -0.1) is 0 Å². The van der Waals surface area contributed by atoms with Crippen molar-refractivity contribution in [3.8, 4) is 0 Å². The average Bonchev–Trinajstić information content (AvgIpc) is 2.35. The van der Waals surface area contributed by atoms with Crippen LogP contribution < -0.4 is 11.1 Å². The summed E-state index contributed by atoms with van der Waals surface area (Å²) < 4.78 is 23.3. The number of hydrogen-bond donors (Lipinski definition) is 2. The lowest BCUT2D eigenvalue weighted by Gasteiger charge is -2.16. The molecule has 19 heavy (non-hydrogen) atoms. The molecule has 106 valence electrons. The maximum Gasteiger partial charge on any atom is 0.235 e. The van der Waals surface area contributed by atoms with Crippen molar-refractivity contribution in [2.75, 3.05) is 26.4 Å². The van der Waals surface area contributed by atoms with Gasteiger partial charge in [-0.25, -0.2) is 8.42 Å². The topological polar surface area (TPSA) is 92.5 Å². The molecular formula is C12H19N3O3S. The zero-order valence-corrected chi connectivity index (χ0v) is 11.9. The molecule has 0 bridgehead atoms. The zero-order chi connectivity index (χ0) is 14.5. The maximum absolute atomic E-state index is 11.6. The van der Waals surface area contributed by atoms with E-state index in [1.807, 2.05) is 30.3 Å². The molecule has 0 saturated carbocycles. The number of nitrogens with zero attached hydrogens (tertiary/aromatic N) is 1. The molecule has 1 atom stereocenters. The van der Waals surface area contributed by atoms with E-state index in [4.69, 9.17) is 5.73 Å². The number of carbonyl (C=O) groups excluding carboxylic acids is 1. The van der Waals surface area contributed by atoms with Crippen LogP contribution in [0.25, 0.3) is 0 Å². The molecule has 0 radical (unpaired) electrons. The number of hydrogen-bond acceptors (Lipinski definition) is 4. The van der Waals surface area contributed by atoms with Crippen molar-refractivity contribution in [2.24, 2.45) is 5.73 Å². The molecule has 0 aromatic heterocycles. The molecule has 1 aromatic rings. The normalized spacial score (nSPS) is 13.3. The molecule has 3 N–H and O–H groups in total. The second kappa shape index (κ2) is 6.65. The molecule has 0 heterocycles. The van der Waals surface area contributed by atoms with Gasteiger partial charge in [0, 0.05) is 19.6 Å². The standard InChI is InChI=1S/C12H19N3O3S/c1-15(19(2,17)18)9-12(16)14-8-11(13)10-6-4-3-5-7-10/h3-7,11H,8-9,13H2,1-2H3,(H,14,16). The summed E-state index contributed by atoms with van der Waals surface area (Å²) in [5.41, 5.74) is 6.83. The van der Waals surface area contributed by atoms with Crippen LogP contribution in [-0.2, 0) is 14.8 Å². The number of amides is 1. The van der Waals surface area contributed by atoms with Crippen LogP contribution in [-0.4, -0.2) is 45.0 Å². The van der Waals surface area contributed by atoms with Crippen LogP contribution in [0.4, 0.5) is 0 Å². The summed E-state index contributed by atoms with van der Waals surface area (Å²) in [6.07, 6.45) is 1.05. The Morgan fingerprint density at radius 2 is 1.95 bits per heavy atom. The Bertz CT molecular complexity index is 516. The molecule has 1 aromatic carbocycles. The number of likely N-dealkylation sites (N-methyl/N-ethyl adjacent to an activating group) is 1. The Morgan fingerprint density at radius 3 is 2.47 bits per heavy atom. The fourth-order valence-corrected chi connectivity index (χ4v) is 1.77. The molecule has 1 rings (SSSR count). The van der Waals surface area contributed by atoms with Crippen molar-refractivity contribution in [1.82, 2.24) is 9.62 Å². The van der Waals surface area contributed by atoms with E-state index < -0.39 is 10.0 Å². The third-order valence-corrected chi connectivity index (χ3v) is 3.94. The largest absolute Gasteiger partial charge is 0.353 e. The van der Waals surface area contributed by atoms with Gasteiger partial charge < -0.3 is 11.1 Å². The van der Waals surface area contributed by atoms with Gasteiger partial charge in [-0.2, -0.15) is 4.31 Å². The number of rotatable bonds is 6. The van der Waals surface area contributed by atoms with E-state index in [2.05, 4.69) is 5.32 Å². The van der Waals surface area contributed by atoms with Crippen LogP contribution in [0.1, 0.15) is 11.6 Å². The molecule has 0 fully saturated rings. The summed E-state index contributed by atoms with van der Waals surface area (Å²) in [5.74, 6) is -0.376. The predicted molar refractivity (Wildman–Crippen MR) is 73.9 cm³/mol. The number of nitrogens with one attached hydrogen (secondary N) is 1. The van der Waals surface area contributed by atoms with Crippen LogP contribution in [0.3, 0.4) is 0 Å². The third kappa shape index (κ3) is 5.37. The Kier molecular flexibility index (Phi) is 5.46. The van der Waals surface area contributed by atoms with Crippen molar-refractivity contribution in [3.05, 3.63) is 35.9 Å². The Hall–Kier alpha value is -1.44. The van der Waals surface area contributed by atoms with Gasteiger partial charge in [-0.1, -0.05) is 30.3 Å². The SMILES string of the molecule is CN(CC(=O)NCC(N)c1ccccc1)S(C)(=O)=O. The van der Waals surface area contributed by atoms with Crippen LogP contribution in [0.5, 0.6) is 0 Å². The van der Waals surface area contributed by atoms with Gasteiger partial charge in [-0.3, -0.25) is 4.79 Å². The van der Waals surface area contributed by atoms with Crippen LogP contribution >= 0.6 is 0 Å². The fraction of sp³-hybridized carbons (Fsp3) is 0.417. The minimum atomic E-state index is -3.35. The van der Waals surface area contributed by atoms with Crippen molar-refractivity contribution in [2.45, 2.75) is 6.04 Å². The average molecular weight is 285 g/mol. The Balaban J connectivity index is 2.43. The van der Waals surface area contributed by atoms with E-state index in [-0.39, 0.29) is 25.0 Å². The van der Waals surface area contributed by atoms with E-state index in [1.165, 1.54) is 7.05 Å². The first kappa shape index (κ1) is 15.6. The zero-order valence-electron chi connectivity index (χ0n) is 11.0.